The molecular formula is C60H47BN4S. The smallest absolute Gasteiger partial charge is 0.264 e. The lowest BCUT2D eigenvalue weighted by Crippen LogP contribution is -2.59. The number of thiophene rings is 1. The van der Waals surface area contributed by atoms with Crippen molar-refractivity contribution in [2.45, 2.75) is 52.4 Å². The van der Waals surface area contributed by atoms with Gasteiger partial charge in [0.1, 0.15) is 0 Å². The van der Waals surface area contributed by atoms with E-state index in [1.54, 1.807) is 0 Å². The molecule has 0 saturated carbocycles. The predicted molar refractivity (Wildman–Crippen MR) is 284 cm³/mol. The first-order valence-electron chi connectivity index (χ1n) is 23.3. The molecule has 0 saturated heterocycles. The van der Waals surface area contributed by atoms with Crippen LogP contribution in [0.3, 0.4) is 0 Å². The van der Waals surface area contributed by atoms with Crippen molar-refractivity contribution in [2.24, 2.45) is 0 Å². The van der Waals surface area contributed by atoms with Crippen LogP contribution in [0.2, 0.25) is 0 Å². The van der Waals surface area contributed by atoms with Gasteiger partial charge >= 0.3 is 0 Å². The summed E-state index contributed by atoms with van der Waals surface area (Å²) in [6.07, 6.45) is 2.26. The third-order valence-corrected chi connectivity index (χ3v) is 16.0. The Morgan fingerprint density at radius 1 is 0.470 bits per heavy atom. The topological polar surface area (TPSA) is 18.0 Å². The number of hydrogen-bond acceptors (Lipinski definition) is 2. The van der Waals surface area contributed by atoms with Crippen molar-refractivity contribution >= 4 is 115 Å². The molecular weight excluding hydrogens is 820 g/mol. The van der Waals surface area contributed by atoms with Gasteiger partial charge in [-0.2, -0.15) is 0 Å². The van der Waals surface area contributed by atoms with Crippen molar-refractivity contribution in [3.63, 3.8) is 0 Å². The number of fused-ring (bicyclic) bond motifs is 14. The van der Waals surface area contributed by atoms with Gasteiger partial charge in [-0.05, 0) is 111 Å². The molecule has 8 aromatic carbocycles. The van der Waals surface area contributed by atoms with Gasteiger partial charge in [0.05, 0.1) is 27.8 Å². The number of nitrogens with zero attached hydrogens (tertiary/aromatic N) is 4. The Labute approximate surface area is 388 Å². The van der Waals surface area contributed by atoms with Crippen LogP contribution in [0.1, 0.15) is 52.7 Å². The Kier molecular flexibility index (Phi) is 7.59. The Balaban J connectivity index is 1.18. The van der Waals surface area contributed by atoms with Crippen LogP contribution in [0.15, 0.2) is 176 Å². The quantitative estimate of drug-likeness (QED) is 0.162. The zero-order chi connectivity index (χ0) is 44.4. The Hall–Kier alpha value is -7.28. The standard InChI is InChI=1S/C60H47BN4S/c1-59(2,3)37-23-26-40(27-24-37)64-50-34-41(62-32-31-36-15-10-12-21-47(36)62)35-51-54(50)61(58-57(64)45-33-38(60(4,5)6)25-30-52(45)66-58)46-20-14-19-42-43-28-29-49-53(56(43)65(51)55(42)46)44-18-11-13-22-48(44)63(49)39-16-8-7-9-17-39/h7-35H,1-6H3. The zero-order valence-electron chi connectivity index (χ0n) is 38.0. The molecule has 14 rings (SSSR count). The molecule has 0 atom stereocenters. The van der Waals surface area contributed by atoms with Crippen LogP contribution in [0.5, 0.6) is 0 Å². The van der Waals surface area contributed by atoms with Crippen LogP contribution in [0, 0.1) is 0 Å². The number of hydrogen-bond donors (Lipinski definition) is 0. The molecule has 6 heteroatoms. The highest BCUT2D eigenvalue weighted by molar-refractivity contribution is 7.33. The fourth-order valence-corrected chi connectivity index (χ4v) is 12.9. The molecule has 12 aromatic rings. The van der Waals surface area contributed by atoms with Crippen molar-refractivity contribution in [1.82, 2.24) is 13.7 Å². The van der Waals surface area contributed by atoms with E-state index >= 15 is 0 Å². The monoisotopic (exact) mass is 866 g/mol. The minimum absolute atomic E-state index is 0.00305. The van der Waals surface area contributed by atoms with Gasteiger partial charge in [0.2, 0.25) is 0 Å². The summed E-state index contributed by atoms with van der Waals surface area (Å²) in [5, 5.41) is 7.66. The molecule has 4 aromatic heterocycles. The zero-order valence-corrected chi connectivity index (χ0v) is 38.8. The van der Waals surface area contributed by atoms with E-state index in [0.717, 1.165) is 11.4 Å². The lowest BCUT2D eigenvalue weighted by atomic mass is 9.36. The van der Waals surface area contributed by atoms with Gasteiger partial charge in [-0.25, -0.2) is 0 Å². The maximum Gasteiger partial charge on any atom is 0.264 e. The molecule has 2 aliphatic rings. The summed E-state index contributed by atoms with van der Waals surface area (Å²) < 4.78 is 10.3. The fourth-order valence-electron chi connectivity index (χ4n) is 11.6. The maximum absolute atomic E-state index is 2.67. The second-order valence-corrected chi connectivity index (χ2v) is 21.7. The average Bonchev–Trinajstić information content (AvgIpc) is 4.10. The van der Waals surface area contributed by atoms with Gasteiger partial charge in [0.15, 0.2) is 0 Å². The van der Waals surface area contributed by atoms with Gasteiger partial charge in [-0.1, -0.05) is 139 Å². The molecule has 66 heavy (non-hydrogen) atoms. The van der Waals surface area contributed by atoms with E-state index in [2.05, 4.69) is 236 Å². The second kappa shape index (κ2) is 13.2. The van der Waals surface area contributed by atoms with E-state index in [1.165, 1.54) is 114 Å². The second-order valence-electron chi connectivity index (χ2n) is 20.6. The molecule has 0 fully saturated rings. The summed E-state index contributed by atoms with van der Waals surface area (Å²) in [6.45, 7) is 14.0. The molecule has 0 amide bonds. The molecule has 0 N–H and O–H groups in total. The summed E-state index contributed by atoms with van der Waals surface area (Å²) in [7, 11) is 0. The van der Waals surface area contributed by atoms with Crippen molar-refractivity contribution in [3.05, 3.63) is 187 Å². The average molecular weight is 867 g/mol. The minimum atomic E-state index is -0.00305. The molecule has 0 aliphatic carbocycles. The molecule has 0 unspecified atom stereocenters. The van der Waals surface area contributed by atoms with Crippen LogP contribution >= 0.6 is 11.3 Å². The van der Waals surface area contributed by atoms with E-state index in [0.29, 0.717) is 0 Å². The van der Waals surface area contributed by atoms with Crippen molar-refractivity contribution in [3.8, 4) is 17.1 Å². The fraction of sp³-hybridized carbons (Fsp3) is 0.133. The number of benzene rings is 8. The van der Waals surface area contributed by atoms with Gasteiger partial charge < -0.3 is 18.6 Å². The molecule has 316 valence electrons. The number of anilines is 3. The summed E-state index contributed by atoms with van der Waals surface area (Å²) >= 11 is 1.98. The molecule has 0 spiro atoms. The molecule has 0 radical (unpaired) electrons. The largest absolute Gasteiger partial charge is 0.316 e. The first kappa shape index (κ1) is 38.0. The van der Waals surface area contributed by atoms with Gasteiger partial charge in [-0.15, -0.1) is 11.3 Å². The highest BCUT2D eigenvalue weighted by Crippen LogP contribution is 2.49. The molecule has 6 heterocycles. The lowest BCUT2D eigenvalue weighted by Gasteiger charge is -2.39. The van der Waals surface area contributed by atoms with Crippen LogP contribution < -0.4 is 20.6 Å². The van der Waals surface area contributed by atoms with E-state index < -0.39 is 0 Å². The first-order chi connectivity index (χ1) is 32.0. The van der Waals surface area contributed by atoms with Crippen LogP contribution in [0.4, 0.5) is 17.1 Å². The van der Waals surface area contributed by atoms with Crippen LogP contribution in [-0.4, -0.2) is 20.4 Å². The number of aromatic nitrogens is 3. The van der Waals surface area contributed by atoms with E-state index in [1.807, 2.05) is 11.3 Å². The molecule has 2 aliphatic heterocycles. The SMILES string of the molecule is CC(C)(C)c1ccc(N2c3cc(-n4ccc5ccccc54)cc4c3B(c3sc5ccc(C(C)(C)C)cc5c32)c2cccc3c5ccc6c(c7ccccc7n6-c6ccccc6)c5n-4c23)cc1. The van der Waals surface area contributed by atoms with Gasteiger partial charge in [0.25, 0.3) is 6.71 Å². The summed E-state index contributed by atoms with van der Waals surface area (Å²) in [5.74, 6) is 0. The lowest BCUT2D eigenvalue weighted by molar-refractivity contribution is 0.590. The summed E-state index contributed by atoms with van der Waals surface area (Å²) in [5.41, 5.74) is 18.9. The number of para-hydroxylation sites is 4. The maximum atomic E-state index is 2.67. The highest BCUT2D eigenvalue weighted by atomic mass is 32.1. The van der Waals surface area contributed by atoms with Crippen LogP contribution in [0.25, 0.3) is 81.7 Å². The van der Waals surface area contributed by atoms with E-state index in [9.17, 15) is 0 Å². The van der Waals surface area contributed by atoms with Crippen molar-refractivity contribution < 1.29 is 0 Å². The number of rotatable bonds is 3. The highest BCUT2D eigenvalue weighted by Gasteiger charge is 2.45. The molecule has 0 bridgehead atoms. The Morgan fingerprint density at radius 3 is 1.97 bits per heavy atom. The van der Waals surface area contributed by atoms with Crippen molar-refractivity contribution in [1.29, 1.82) is 0 Å². The first-order valence-corrected chi connectivity index (χ1v) is 24.1. The predicted octanol–water partition coefficient (Wildman–Crippen LogP) is 14.2. The Morgan fingerprint density at radius 2 is 1.17 bits per heavy atom. The van der Waals surface area contributed by atoms with Gasteiger partial charge in [0, 0.05) is 76.6 Å². The van der Waals surface area contributed by atoms with Gasteiger partial charge in [-0.3, -0.25) is 0 Å². The Bertz CT molecular complexity index is 4020. The summed E-state index contributed by atoms with van der Waals surface area (Å²) in [6, 6.07) is 64.4. The van der Waals surface area contributed by atoms with Crippen molar-refractivity contribution in [2.75, 3.05) is 4.90 Å². The third kappa shape index (κ3) is 5.11. The minimum Gasteiger partial charge on any atom is -0.316 e. The van der Waals surface area contributed by atoms with E-state index in [4.69, 9.17) is 0 Å². The molecule has 4 nitrogen and oxygen atoms in total. The normalized spacial score (nSPS) is 13.5. The van der Waals surface area contributed by atoms with Crippen LogP contribution in [-0.2, 0) is 10.8 Å². The van der Waals surface area contributed by atoms with E-state index in [-0.39, 0.29) is 17.5 Å². The third-order valence-electron chi connectivity index (χ3n) is 14.7. The summed E-state index contributed by atoms with van der Waals surface area (Å²) in [4.78, 5) is 2.63.